The zero-order chi connectivity index (χ0) is 24.2. The highest BCUT2D eigenvalue weighted by Crippen LogP contribution is 2.41. The van der Waals surface area contributed by atoms with Gasteiger partial charge in [-0.2, -0.15) is 0 Å². The van der Waals surface area contributed by atoms with Crippen LogP contribution >= 0.6 is 11.3 Å². The second kappa shape index (κ2) is 8.36. The van der Waals surface area contributed by atoms with Gasteiger partial charge in [0.1, 0.15) is 0 Å². The Hall–Kier alpha value is -3.88. The number of allylic oxidation sites excluding steroid dienone is 2. The summed E-state index contributed by atoms with van der Waals surface area (Å²) in [5.74, 6) is 0. The van der Waals surface area contributed by atoms with E-state index in [-0.39, 0.29) is 0 Å². The average molecular weight is 482 g/mol. The van der Waals surface area contributed by atoms with Crippen LogP contribution in [0.4, 0.5) is 0 Å². The van der Waals surface area contributed by atoms with E-state index in [9.17, 15) is 0 Å². The molecule has 0 bridgehead atoms. The van der Waals surface area contributed by atoms with Crippen molar-refractivity contribution in [3.05, 3.63) is 107 Å². The standard InChI is InChI=1S/C34H27NS/c1-2-8-31(35)28-13-7-12-27-24-10-4-3-9-23(24)25-17-15-21(20-30(25)34(27)28)22-16-18-33-29(19-22)26-11-5-6-14-32(26)36-33/h3-4,6-10,12-20H,2,5,11,35H2,1H3/b31-8+. The van der Waals surface area contributed by atoms with Gasteiger partial charge in [-0.15, -0.1) is 11.3 Å². The maximum Gasteiger partial charge on any atom is 0.0353 e. The van der Waals surface area contributed by atoms with Gasteiger partial charge in [0.2, 0.25) is 0 Å². The first-order valence-corrected chi connectivity index (χ1v) is 13.6. The van der Waals surface area contributed by atoms with Gasteiger partial charge < -0.3 is 5.73 Å². The number of hydrogen-bond donors (Lipinski definition) is 1. The van der Waals surface area contributed by atoms with Gasteiger partial charge >= 0.3 is 0 Å². The molecule has 0 atom stereocenters. The summed E-state index contributed by atoms with van der Waals surface area (Å²) in [7, 11) is 0. The lowest BCUT2D eigenvalue weighted by atomic mass is 9.89. The van der Waals surface area contributed by atoms with E-state index < -0.39 is 0 Å². The van der Waals surface area contributed by atoms with Crippen LogP contribution in [-0.2, 0) is 6.42 Å². The molecule has 0 unspecified atom stereocenters. The number of aryl methyl sites for hydroxylation is 1. The Morgan fingerprint density at radius 1 is 0.806 bits per heavy atom. The van der Waals surface area contributed by atoms with Gasteiger partial charge in [0.25, 0.3) is 0 Å². The van der Waals surface area contributed by atoms with Crippen molar-refractivity contribution >= 4 is 65.5 Å². The average Bonchev–Trinajstić information content (AvgIpc) is 3.30. The largest absolute Gasteiger partial charge is 0.398 e. The summed E-state index contributed by atoms with van der Waals surface area (Å²) in [5, 5.41) is 9.02. The maximum atomic E-state index is 6.63. The molecular formula is C34H27NS. The highest BCUT2D eigenvalue weighted by Gasteiger charge is 2.16. The summed E-state index contributed by atoms with van der Waals surface area (Å²) in [5.41, 5.74) is 12.6. The normalized spacial score (nSPS) is 13.8. The molecule has 1 nitrogen and oxygen atoms in total. The minimum absolute atomic E-state index is 0.851. The number of thiophene rings is 1. The number of hydrogen-bond acceptors (Lipinski definition) is 2. The van der Waals surface area contributed by atoms with E-state index in [4.69, 9.17) is 5.73 Å². The van der Waals surface area contributed by atoms with Gasteiger partial charge in [0.05, 0.1) is 0 Å². The minimum Gasteiger partial charge on any atom is -0.398 e. The Bertz CT molecular complexity index is 1880. The van der Waals surface area contributed by atoms with E-state index in [0.717, 1.165) is 30.5 Å². The monoisotopic (exact) mass is 481 g/mol. The van der Waals surface area contributed by atoms with Crippen LogP contribution in [0.1, 0.15) is 35.8 Å². The smallest absolute Gasteiger partial charge is 0.0353 e. The van der Waals surface area contributed by atoms with E-state index in [1.807, 2.05) is 11.3 Å². The number of rotatable bonds is 3. The lowest BCUT2D eigenvalue weighted by molar-refractivity contribution is 1.01. The van der Waals surface area contributed by atoms with E-state index in [0.29, 0.717) is 0 Å². The van der Waals surface area contributed by atoms with E-state index in [1.54, 1.807) is 0 Å². The molecule has 1 heterocycles. The molecule has 1 aromatic heterocycles. The molecule has 1 aliphatic carbocycles. The highest BCUT2D eigenvalue weighted by molar-refractivity contribution is 7.20. The van der Waals surface area contributed by atoms with Crippen LogP contribution in [0.3, 0.4) is 0 Å². The molecule has 0 radical (unpaired) electrons. The summed E-state index contributed by atoms with van der Waals surface area (Å²) in [6.07, 6.45) is 9.91. The third kappa shape index (κ3) is 3.22. The molecule has 1 aliphatic rings. The Kier molecular flexibility index (Phi) is 4.97. The third-order valence-electron chi connectivity index (χ3n) is 7.58. The van der Waals surface area contributed by atoms with Crippen LogP contribution in [0.15, 0.2) is 91.0 Å². The van der Waals surface area contributed by atoms with E-state index in [2.05, 4.69) is 104 Å². The Balaban J connectivity index is 1.55. The van der Waals surface area contributed by atoms with Gasteiger partial charge in [0, 0.05) is 20.8 Å². The zero-order valence-electron chi connectivity index (χ0n) is 20.3. The van der Waals surface area contributed by atoms with Crippen LogP contribution in [0, 0.1) is 0 Å². The van der Waals surface area contributed by atoms with Gasteiger partial charge in [-0.3, -0.25) is 0 Å². The van der Waals surface area contributed by atoms with Crippen LogP contribution in [0.2, 0.25) is 0 Å². The molecule has 174 valence electrons. The second-order valence-corrected chi connectivity index (χ2v) is 10.8. The maximum absolute atomic E-state index is 6.63. The van der Waals surface area contributed by atoms with Crippen molar-refractivity contribution in [2.24, 2.45) is 5.73 Å². The van der Waals surface area contributed by atoms with Crippen molar-refractivity contribution in [2.45, 2.75) is 26.2 Å². The topological polar surface area (TPSA) is 26.0 Å². The molecule has 2 N–H and O–H groups in total. The molecule has 36 heavy (non-hydrogen) atoms. The minimum atomic E-state index is 0.851. The molecule has 0 saturated heterocycles. The summed E-state index contributed by atoms with van der Waals surface area (Å²) >= 11 is 1.91. The summed E-state index contributed by atoms with van der Waals surface area (Å²) < 4.78 is 1.38. The Morgan fingerprint density at radius 2 is 1.53 bits per heavy atom. The van der Waals surface area contributed by atoms with Gasteiger partial charge in [-0.05, 0) is 97.9 Å². The number of fused-ring (bicyclic) bond motifs is 9. The summed E-state index contributed by atoms with van der Waals surface area (Å²) in [6, 6.07) is 29.2. The fourth-order valence-electron chi connectivity index (χ4n) is 5.91. The van der Waals surface area contributed by atoms with Crippen molar-refractivity contribution in [1.82, 2.24) is 0 Å². The molecular weight excluding hydrogens is 454 g/mol. The van der Waals surface area contributed by atoms with E-state index >= 15 is 0 Å². The first kappa shape index (κ1) is 21.4. The molecule has 7 rings (SSSR count). The van der Waals surface area contributed by atoms with Crippen molar-refractivity contribution in [3.8, 4) is 11.1 Å². The highest BCUT2D eigenvalue weighted by atomic mass is 32.1. The molecule has 0 fully saturated rings. The van der Waals surface area contributed by atoms with Gasteiger partial charge in [-0.25, -0.2) is 0 Å². The third-order valence-corrected chi connectivity index (χ3v) is 8.76. The predicted octanol–water partition coefficient (Wildman–Crippen LogP) is 9.70. The van der Waals surface area contributed by atoms with Crippen LogP contribution < -0.4 is 5.73 Å². The first-order valence-electron chi connectivity index (χ1n) is 12.8. The van der Waals surface area contributed by atoms with Gasteiger partial charge in [0.15, 0.2) is 0 Å². The van der Waals surface area contributed by atoms with Crippen molar-refractivity contribution in [2.75, 3.05) is 0 Å². The van der Waals surface area contributed by atoms with Crippen molar-refractivity contribution in [3.63, 3.8) is 0 Å². The van der Waals surface area contributed by atoms with Crippen LogP contribution in [-0.4, -0.2) is 0 Å². The lowest BCUT2D eigenvalue weighted by Gasteiger charge is -2.15. The lowest BCUT2D eigenvalue weighted by Crippen LogP contribution is -1.98. The molecule has 0 saturated carbocycles. The quantitative estimate of drug-likeness (QED) is 0.250. The summed E-state index contributed by atoms with van der Waals surface area (Å²) in [6.45, 7) is 2.14. The molecule has 6 aromatic rings. The van der Waals surface area contributed by atoms with E-state index in [1.165, 1.54) is 64.0 Å². The van der Waals surface area contributed by atoms with Gasteiger partial charge in [-0.1, -0.05) is 79.7 Å². The van der Waals surface area contributed by atoms with Crippen LogP contribution in [0.5, 0.6) is 0 Å². The Morgan fingerprint density at radius 3 is 2.36 bits per heavy atom. The predicted molar refractivity (Wildman–Crippen MR) is 160 cm³/mol. The zero-order valence-corrected chi connectivity index (χ0v) is 21.2. The summed E-state index contributed by atoms with van der Waals surface area (Å²) in [4.78, 5) is 1.42. The molecule has 0 amide bonds. The SMILES string of the molecule is CC/C=C(/N)c1cccc2c3ccccc3c3ccc(-c4ccc5sc6c(c5c4)CCC=C6)cc3c12. The fourth-order valence-corrected chi connectivity index (χ4v) is 7.08. The van der Waals surface area contributed by atoms with Crippen molar-refractivity contribution in [1.29, 1.82) is 0 Å². The molecule has 0 aliphatic heterocycles. The van der Waals surface area contributed by atoms with Crippen molar-refractivity contribution < 1.29 is 0 Å². The molecule has 0 spiro atoms. The Labute approximate surface area is 215 Å². The van der Waals surface area contributed by atoms with Crippen LogP contribution in [0.25, 0.3) is 65.3 Å². The fraction of sp³-hybridized carbons (Fsp3) is 0.118. The number of benzene rings is 5. The molecule has 2 heteroatoms. The second-order valence-electron chi connectivity index (χ2n) is 9.70. The first-order chi connectivity index (χ1) is 17.7. The molecule has 5 aromatic carbocycles. The number of nitrogens with two attached hydrogens (primary N) is 1.